The molecule has 0 amide bonds. The van der Waals surface area contributed by atoms with Crippen LogP contribution >= 0.6 is 0 Å². The van der Waals surface area contributed by atoms with Crippen molar-refractivity contribution < 1.29 is 4.39 Å². The predicted octanol–water partition coefficient (Wildman–Crippen LogP) is 3.90. The Morgan fingerprint density at radius 1 is 1.12 bits per heavy atom. The number of aromatic nitrogens is 2. The summed E-state index contributed by atoms with van der Waals surface area (Å²) in [5.74, 6) is 0.385. The van der Waals surface area contributed by atoms with Gasteiger partial charge in [-0.1, -0.05) is 18.6 Å². The summed E-state index contributed by atoms with van der Waals surface area (Å²) in [5, 5.41) is 0.576. The summed E-state index contributed by atoms with van der Waals surface area (Å²) in [6.07, 6.45) is 3.57. The minimum Gasteiger partial charge on any atom is -0.293 e. The number of piperidine rings is 1. The molecule has 3 aromatic rings. The number of hydrogen-bond donors (Lipinski definition) is 0. The van der Waals surface area contributed by atoms with E-state index in [1.165, 1.54) is 25.0 Å². The monoisotopic (exact) mass is 351 g/mol. The maximum atomic E-state index is 13.4. The van der Waals surface area contributed by atoms with E-state index in [4.69, 9.17) is 4.98 Å². The Labute approximate surface area is 151 Å². The molecular weight excluding hydrogens is 329 g/mol. The lowest BCUT2D eigenvalue weighted by Crippen LogP contribution is -2.39. The van der Waals surface area contributed by atoms with Crippen molar-refractivity contribution in [1.29, 1.82) is 0 Å². The van der Waals surface area contributed by atoms with Crippen molar-refractivity contribution in [2.24, 2.45) is 0 Å². The van der Waals surface area contributed by atoms with Crippen molar-refractivity contribution in [3.8, 4) is 5.69 Å². The lowest BCUT2D eigenvalue weighted by Gasteiger charge is -2.33. The van der Waals surface area contributed by atoms with Gasteiger partial charge >= 0.3 is 0 Å². The van der Waals surface area contributed by atoms with E-state index in [2.05, 4.69) is 11.8 Å². The third-order valence-electron chi connectivity index (χ3n) is 5.22. The maximum absolute atomic E-state index is 13.4. The highest BCUT2D eigenvalue weighted by Crippen LogP contribution is 2.20. The number of nitrogens with zero attached hydrogens (tertiary/aromatic N) is 3. The van der Waals surface area contributed by atoms with Crippen LogP contribution in [0.3, 0.4) is 0 Å². The fourth-order valence-electron chi connectivity index (χ4n) is 3.72. The molecule has 4 rings (SSSR count). The van der Waals surface area contributed by atoms with Gasteiger partial charge in [-0.25, -0.2) is 9.37 Å². The fourth-order valence-corrected chi connectivity index (χ4v) is 3.72. The number of benzene rings is 2. The maximum Gasteiger partial charge on any atom is 0.266 e. The second-order valence-electron chi connectivity index (χ2n) is 6.98. The number of likely N-dealkylation sites (tertiary alicyclic amines) is 1. The highest BCUT2D eigenvalue weighted by Gasteiger charge is 2.21. The largest absolute Gasteiger partial charge is 0.293 e. The van der Waals surface area contributed by atoms with Gasteiger partial charge in [0.25, 0.3) is 5.56 Å². The van der Waals surface area contributed by atoms with Gasteiger partial charge in [0.1, 0.15) is 11.6 Å². The minimum absolute atomic E-state index is 0.109. The first kappa shape index (κ1) is 16.9. The van der Waals surface area contributed by atoms with Gasteiger partial charge in [-0.15, -0.1) is 0 Å². The van der Waals surface area contributed by atoms with Crippen LogP contribution in [-0.2, 0) is 6.54 Å². The van der Waals surface area contributed by atoms with E-state index in [0.717, 1.165) is 13.0 Å². The second-order valence-corrected chi connectivity index (χ2v) is 6.98. The van der Waals surface area contributed by atoms with Crippen LogP contribution in [0.5, 0.6) is 0 Å². The van der Waals surface area contributed by atoms with Gasteiger partial charge in [0.15, 0.2) is 0 Å². The standard InChI is InChI=1S/C21H22FN3O/c1-15-6-4-5-13-24(15)14-20-23-19-8-3-2-7-18(19)21(26)25(20)17-11-9-16(22)10-12-17/h2-3,7-12,15H,4-6,13-14H2,1H3/t15-/m0/s1. The van der Waals surface area contributed by atoms with Crippen LogP contribution in [0, 0.1) is 5.82 Å². The zero-order chi connectivity index (χ0) is 18.1. The third kappa shape index (κ3) is 3.15. The third-order valence-corrected chi connectivity index (χ3v) is 5.22. The molecule has 5 heteroatoms. The molecule has 0 N–H and O–H groups in total. The lowest BCUT2D eigenvalue weighted by atomic mass is 10.0. The molecule has 0 radical (unpaired) electrons. The van der Waals surface area contributed by atoms with Gasteiger partial charge in [-0.2, -0.15) is 0 Å². The molecule has 1 saturated heterocycles. The number of halogens is 1. The Morgan fingerprint density at radius 3 is 2.65 bits per heavy atom. The highest BCUT2D eigenvalue weighted by atomic mass is 19.1. The van der Waals surface area contributed by atoms with Gasteiger partial charge < -0.3 is 0 Å². The molecule has 4 nitrogen and oxygen atoms in total. The van der Waals surface area contributed by atoms with Gasteiger partial charge in [0, 0.05) is 6.04 Å². The van der Waals surface area contributed by atoms with E-state index in [-0.39, 0.29) is 11.4 Å². The van der Waals surface area contributed by atoms with Gasteiger partial charge in [0.2, 0.25) is 0 Å². The van der Waals surface area contributed by atoms with Crippen molar-refractivity contribution in [2.75, 3.05) is 6.54 Å². The Morgan fingerprint density at radius 2 is 1.88 bits per heavy atom. The predicted molar refractivity (Wildman–Crippen MR) is 101 cm³/mol. The number of fused-ring (bicyclic) bond motifs is 1. The highest BCUT2D eigenvalue weighted by molar-refractivity contribution is 5.77. The topological polar surface area (TPSA) is 38.1 Å². The van der Waals surface area contributed by atoms with Crippen molar-refractivity contribution in [3.05, 3.63) is 70.5 Å². The molecular formula is C21H22FN3O. The summed E-state index contributed by atoms with van der Waals surface area (Å²) in [4.78, 5) is 20.3. The second kappa shape index (κ2) is 7.00. The normalized spacial score (nSPS) is 18.3. The van der Waals surface area contributed by atoms with Crippen LogP contribution in [0.2, 0.25) is 0 Å². The lowest BCUT2D eigenvalue weighted by molar-refractivity contribution is 0.148. The molecule has 134 valence electrons. The van der Waals surface area contributed by atoms with Crippen molar-refractivity contribution >= 4 is 10.9 Å². The Hall–Kier alpha value is -2.53. The average Bonchev–Trinajstić information content (AvgIpc) is 2.65. The molecule has 0 spiro atoms. The van der Waals surface area contributed by atoms with Crippen molar-refractivity contribution in [3.63, 3.8) is 0 Å². The summed E-state index contributed by atoms with van der Waals surface area (Å²) in [5.41, 5.74) is 1.24. The molecule has 1 aliphatic heterocycles. The molecule has 1 fully saturated rings. The van der Waals surface area contributed by atoms with Crippen LogP contribution in [0.25, 0.3) is 16.6 Å². The van der Waals surface area contributed by atoms with Gasteiger partial charge in [-0.3, -0.25) is 14.3 Å². The first-order valence-electron chi connectivity index (χ1n) is 9.14. The molecule has 0 aliphatic carbocycles. The first-order valence-corrected chi connectivity index (χ1v) is 9.14. The summed E-state index contributed by atoms with van der Waals surface area (Å²) >= 11 is 0. The number of para-hydroxylation sites is 1. The number of hydrogen-bond acceptors (Lipinski definition) is 3. The molecule has 1 aromatic heterocycles. The minimum atomic E-state index is -0.318. The van der Waals surface area contributed by atoms with E-state index in [9.17, 15) is 9.18 Å². The van der Waals surface area contributed by atoms with Crippen LogP contribution in [0.15, 0.2) is 53.3 Å². The Balaban J connectivity index is 1.87. The smallest absolute Gasteiger partial charge is 0.266 e. The molecule has 2 aromatic carbocycles. The molecule has 1 atom stereocenters. The molecule has 0 saturated carbocycles. The number of rotatable bonds is 3. The van der Waals surface area contributed by atoms with Crippen LogP contribution < -0.4 is 5.56 Å². The van der Waals surface area contributed by atoms with E-state index in [1.807, 2.05) is 18.2 Å². The zero-order valence-electron chi connectivity index (χ0n) is 14.9. The SMILES string of the molecule is C[C@H]1CCCCN1Cc1nc2ccccc2c(=O)n1-c1ccc(F)cc1. The first-order chi connectivity index (χ1) is 12.6. The summed E-state index contributed by atoms with van der Waals surface area (Å²) in [6.45, 7) is 3.84. The molecule has 26 heavy (non-hydrogen) atoms. The van der Waals surface area contributed by atoms with E-state index in [1.54, 1.807) is 22.8 Å². The quantitative estimate of drug-likeness (QED) is 0.718. The summed E-state index contributed by atoms with van der Waals surface area (Å²) in [6, 6.07) is 13.9. The Bertz CT molecular complexity index is 981. The summed E-state index contributed by atoms with van der Waals surface area (Å²) in [7, 11) is 0. The van der Waals surface area contributed by atoms with Gasteiger partial charge in [-0.05, 0) is 62.7 Å². The van der Waals surface area contributed by atoms with Crippen LogP contribution in [0.1, 0.15) is 32.0 Å². The fraction of sp³-hybridized carbons (Fsp3) is 0.333. The average molecular weight is 351 g/mol. The van der Waals surface area contributed by atoms with Crippen molar-refractivity contribution in [1.82, 2.24) is 14.5 Å². The molecule has 2 heterocycles. The summed E-state index contributed by atoms with van der Waals surface area (Å²) < 4.78 is 15.0. The van der Waals surface area contributed by atoms with E-state index >= 15 is 0 Å². The van der Waals surface area contributed by atoms with E-state index in [0.29, 0.717) is 35.0 Å². The van der Waals surface area contributed by atoms with Crippen LogP contribution in [-0.4, -0.2) is 27.0 Å². The van der Waals surface area contributed by atoms with Crippen LogP contribution in [0.4, 0.5) is 4.39 Å². The zero-order valence-corrected chi connectivity index (χ0v) is 14.9. The molecule has 0 unspecified atom stereocenters. The van der Waals surface area contributed by atoms with E-state index < -0.39 is 0 Å². The molecule has 1 aliphatic rings. The van der Waals surface area contributed by atoms with Gasteiger partial charge in [0.05, 0.1) is 23.1 Å². The Kier molecular flexibility index (Phi) is 4.55. The van der Waals surface area contributed by atoms with Crippen molar-refractivity contribution in [2.45, 2.75) is 38.8 Å². The molecule has 0 bridgehead atoms.